The Hall–Kier alpha value is -0.560. The fourth-order valence-corrected chi connectivity index (χ4v) is 3.67. The minimum Gasteiger partial charge on any atom is -0.481 e. The van der Waals surface area contributed by atoms with Crippen LogP contribution in [0.1, 0.15) is 48.0 Å². The number of carboxylic acid groups (broad SMARTS) is 1. The largest absolute Gasteiger partial charge is 0.481 e. The second kappa shape index (κ2) is 8.02. The number of amides is 1. The third-order valence-electron chi connectivity index (χ3n) is 1.72. The van der Waals surface area contributed by atoms with Gasteiger partial charge in [-0.2, -0.15) is 0 Å². The molecule has 0 aliphatic rings. The maximum Gasteiger partial charge on any atom is 0.407 e. The van der Waals surface area contributed by atoms with Crippen molar-refractivity contribution in [1.82, 2.24) is 5.32 Å². The molecule has 0 aliphatic heterocycles. The summed E-state index contributed by atoms with van der Waals surface area (Å²) in [6.07, 6.45) is -0.693. The number of carboxylic acids is 1. The zero-order valence-corrected chi connectivity index (χ0v) is 14.6. The standard InChI is InChI=1S/C13H25NO4S2/c1-12(2,3)18-11(17)14-9(7-10(15)16)8-19-20-13(4,5)6/h9H,7-8H2,1-6H3,(H,14,17)(H,15,16)/t9-/m1/s1. The first kappa shape index (κ1) is 19.4. The molecule has 0 rings (SSSR count). The van der Waals surface area contributed by atoms with E-state index in [0.717, 1.165) is 0 Å². The van der Waals surface area contributed by atoms with Crippen LogP contribution >= 0.6 is 21.6 Å². The van der Waals surface area contributed by atoms with Gasteiger partial charge in [-0.15, -0.1) is 0 Å². The van der Waals surface area contributed by atoms with Crippen molar-refractivity contribution in [2.75, 3.05) is 5.75 Å². The molecule has 20 heavy (non-hydrogen) atoms. The van der Waals surface area contributed by atoms with E-state index in [9.17, 15) is 9.59 Å². The second-order valence-electron chi connectivity index (χ2n) is 6.42. The van der Waals surface area contributed by atoms with Gasteiger partial charge in [0.1, 0.15) is 5.60 Å². The number of hydrogen-bond donors (Lipinski definition) is 2. The predicted octanol–water partition coefficient (Wildman–Crippen LogP) is 3.53. The number of aliphatic carboxylic acids is 1. The van der Waals surface area contributed by atoms with Crippen LogP contribution in [0, 0.1) is 0 Å². The van der Waals surface area contributed by atoms with Crippen LogP contribution in [0.25, 0.3) is 0 Å². The number of alkyl carbamates (subject to hydrolysis) is 1. The summed E-state index contributed by atoms with van der Waals surface area (Å²) in [5, 5.41) is 11.5. The van der Waals surface area contributed by atoms with Gasteiger partial charge in [0.2, 0.25) is 0 Å². The smallest absolute Gasteiger partial charge is 0.407 e. The van der Waals surface area contributed by atoms with Gasteiger partial charge in [0, 0.05) is 10.5 Å². The molecule has 118 valence electrons. The highest BCUT2D eigenvalue weighted by Gasteiger charge is 2.22. The molecule has 0 saturated carbocycles. The highest BCUT2D eigenvalue weighted by atomic mass is 33.1. The Morgan fingerprint density at radius 1 is 1.20 bits per heavy atom. The van der Waals surface area contributed by atoms with Gasteiger partial charge in [0.05, 0.1) is 12.5 Å². The maximum atomic E-state index is 11.7. The van der Waals surface area contributed by atoms with Crippen LogP contribution in [0.4, 0.5) is 4.79 Å². The van der Waals surface area contributed by atoms with E-state index in [1.54, 1.807) is 42.4 Å². The van der Waals surface area contributed by atoms with Crippen LogP contribution in [-0.4, -0.2) is 39.3 Å². The predicted molar refractivity (Wildman–Crippen MR) is 85.2 cm³/mol. The van der Waals surface area contributed by atoms with E-state index < -0.39 is 23.7 Å². The topological polar surface area (TPSA) is 75.6 Å². The lowest BCUT2D eigenvalue weighted by molar-refractivity contribution is -0.137. The zero-order valence-electron chi connectivity index (χ0n) is 13.0. The molecule has 0 aromatic heterocycles. The number of carbonyl (C=O) groups is 2. The minimum atomic E-state index is -0.938. The summed E-state index contributed by atoms with van der Waals surface area (Å²) in [7, 11) is 3.21. The average Bonchev–Trinajstić information content (AvgIpc) is 2.10. The monoisotopic (exact) mass is 323 g/mol. The maximum absolute atomic E-state index is 11.7. The number of hydrogen-bond acceptors (Lipinski definition) is 5. The van der Waals surface area contributed by atoms with Crippen molar-refractivity contribution < 1.29 is 19.4 Å². The number of rotatable bonds is 6. The van der Waals surface area contributed by atoms with Crippen LogP contribution in [-0.2, 0) is 9.53 Å². The van der Waals surface area contributed by atoms with Crippen molar-refractivity contribution >= 4 is 33.7 Å². The lowest BCUT2D eigenvalue weighted by Crippen LogP contribution is -2.41. The fraction of sp³-hybridized carbons (Fsp3) is 0.846. The Labute approximate surface area is 129 Å². The molecule has 0 saturated heterocycles. The SMILES string of the molecule is CC(C)(C)OC(=O)N[C@@H](CSSC(C)(C)C)CC(=O)O. The van der Waals surface area contributed by atoms with Crippen molar-refractivity contribution in [2.24, 2.45) is 0 Å². The summed E-state index contributed by atoms with van der Waals surface area (Å²) in [6, 6.07) is -0.442. The fourth-order valence-electron chi connectivity index (χ4n) is 1.13. The van der Waals surface area contributed by atoms with Crippen molar-refractivity contribution in [3.8, 4) is 0 Å². The van der Waals surface area contributed by atoms with Gasteiger partial charge in [0.15, 0.2) is 0 Å². The lowest BCUT2D eigenvalue weighted by atomic mass is 10.2. The zero-order chi connectivity index (χ0) is 16.0. The van der Waals surface area contributed by atoms with E-state index in [1.165, 1.54) is 0 Å². The van der Waals surface area contributed by atoms with E-state index in [2.05, 4.69) is 26.1 Å². The molecule has 1 amide bonds. The molecule has 0 heterocycles. The Kier molecular flexibility index (Phi) is 7.80. The van der Waals surface area contributed by atoms with Crippen molar-refractivity contribution in [1.29, 1.82) is 0 Å². The van der Waals surface area contributed by atoms with Gasteiger partial charge in [-0.05, 0) is 20.8 Å². The van der Waals surface area contributed by atoms with E-state index in [-0.39, 0.29) is 11.2 Å². The van der Waals surface area contributed by atoms with Gasteiger partial charge in [-0.3, -0.25) is 4.79 Å². The second-order valence-corrected chi connectivity index (χ2v) is 9.59. The molecule has 0 bridgehead atoms. The van der Waals surface area contributed by atoms with Crippen LogP contribution in [0.15, 0.2) is 0 Å². The first-order valence-corrected chi connectivity index (χ1v) is 8.73. The lowest BCUT2D eigenvalue weighted by Gasteiger charge is -2.23. The third-order valence-corrected chi connectivity index (χ3v) is 5.14. The van der Waals surface area contributed by atoms with E-state index in [0.29, 0.717) is 5.75 Å². The molecular weight excluding hydrogens is 298 g/mol. The highest BCUT2D eigenvalue weighted by molar-refractivity contribution is 8.77. The van der Waals surface area contributed by atoms with Gasteiger partial charge in [-0.25, -0.2) is 4.79 Å². The molecule has 5 nitrogen and oxygen atoms in total. The van der Waals surface area contributed by atoms with Gasteiger partial charge < -0.3 is 15.2 Å². The Morgan fingerprint density at radius 3 is 2.15 bits per heavy atom. The summed E-state index contributed by atoms with van der Waals surface area (Å²) in [4.78, 5) is 22.5. The van der Waals surface area contributed by atoms with E-state index >= 15 is 0 Å². The Bertz CT molecular complexity index is 334. The summed E-state index contributed by atoms with van der Waals surface area (Å²) in [5.41, 5.74) is -0.592. The molecular formula is C13H25NO4S2. The molecule has 0 spiro atoms. The molecule has 0 fully saturated rings. The van der Waals surface area contributed by atoms with Gasteiger partial charge >= 0.3 is 12.1 Å². The number of carbonyl (C=O) groups excluding carboxylic acids is 1. The Morgan fingerprint density at radius 2 is 1.75 bits per heavy atom. The highest BCUT2D eigenvalue weighted by Crippen LogP contribution is 2.35. The summed E-state index contributed by atoms with van der Waals surface area (Å²) >= 11 is 0. The third kappa shape index (κ3) is 12.5. The molecule has 0 aliphatic carbocycles. The van der Waals surface area contributed by atoms with E-state index in [4.69, 9.17) is 9.84 Å². The average molecular weight is 323 g/mol. The molecule has 0 radical (unpaired) electrons. The van der Waals surface area contributed by atoms with Gasteiger partial charge in [-0.1, -0.05) is 42.4 Å². The molecule has 2 N–H and O–H groups in total. The number of nitrogens with one attached hydrogen (secondary N) is 1. The van der Waals surface area contributed by atoms with E-state index in [1.807, 2.05) is 0 Å². The molecule has 0 aromatic carbocycles. The van der Waals surface area contributed by atoms with Crippen molar-refractivity contribution in [3.05, 3.63) is 0 Å². The van der Waals surface area contributed by atoms with Crippen LogP contribution in [0.3, 0.4) is 0 Å². The molecule has 0 unspecified atom stereocenters. The molecule has 1 atom stereocenters. The Balaban J connectivity index is 4.35. The van der Waals surface area contributed by atoms with Crippen molar-refractivity contribution in [3.63, 3.8) is 0 Å². The summed E-state index contributed by atoms with van der Waals surface area (Å²) in [6.45, 7) is 11.5. The van der Waals surface area contributed by atoms with Crippen LogP contribution in [0.5, 0.6) is 0 Å². The summed E-state index contributed by atoms with van der Waals surface area (Å²) < 4.78 is 5.23. The van der Waals surface area contributed by atoms with Crippen LogP contribution in [0.2, 0.25) is 0 Å². The normalized spacial score (nSPS) is 13.7. The first-order valence-electron chi connectivity index (χ1n) is 6.41. The summed E-state index contributed by atoms with van der Waals surface area (Å²) in [5.74, 6) is -0.416. The van der Waals surface area contributed by atoms with Gasteiger partial charge in [0.25, 0.3) is 0 Å². The van der Waals surface area contributed by atoms with Crippen LogP contribution < -0.4 is 5.32 Å². The quantitative estimate of drug-likeness (QED) is 0.728. The molecule has 0 aromatic rings. The minimum absolute atomic E-state index is 0.0877. The molecule has 7 heteroatoms. The number of ether oxygens (including phenoxy) is 1. The van der Waals surface area contributed by atoms with Crippen molar-refractivity contribution in [2.45, 2.75) is 64.4 Å². The first-order chi connectivity index (χ1) is 8.89.